The molecule has 3 heterocycles. The third-order valence-electron chi connectivity index (χ3n) is 5.40. The number of carbonyl (C=O) groups is 1. The summed E-state index contributed by atoms with van der Waals surface area (Å²) < 4.78 is 1.78. The second kappa shape index (κ2) is 9.56. The number of benzene rings is 1. The lowest BCUT2D eigenvalue weighted by molar-refractivity contribution is -0.113. The maximum Gasteiger partial charge on any atom is 0.255 e. The molecule has 2 N–H and O–H groups in total. The van der Waals surface area contributed by atoms with Gasteiger partial charge < -0.3 is 10.6 Å². The van der Waals surface area contributed by atoms with Crippen LogP contribution < -0.4 is 10.6 Å². The number of rotatable bonds is 7. The lowest BCUT2D eigenvalue weighted by Gasteiger charge is -2.28. The molecule has 1 aliphatic rings. The van der Waals surface area contributed by atoms with Crippen molar-refractivity contribution >= 4 is 29.3 Å². The molecule has 166 valence electrons. The second-order valence-corrected chi connectivity index (χ2v) is 9.02. The summed E-state index contributed by atoms with van der Waals surface area (Å²) in [6.45, 7) is 8.10. The van der Waals surface area contributed by atoms with Crippen LogP contribution in [0.1, 0.15) is 49.6 Å². The number of anilines is 2. The first-order chi connectivity index (χ1) is 15.5. The summed E-state index contributed by atoms with van der Waals surface area (Å²) in [5.74, 6) is 1.40. The van der Waals surface area contributed by atoms with Crippen LogP contribution in [0.2, 0.25) is 0 Å². The van der Waals surface area contributed by atoms with Crippen LogP contribution in [0.3, 0.4) is 0 Å². The smallest absolute Gasteiger partial charge is 0.255 e. The maximum atomic E-state index is 13.5. The molecule has 32 heavy (non-hydrogen) atoms. The molecule has 4 rings (SSSR count). The van der Waals surface area contributed by atoms with Gasteiger partial charge in [-0.25, -0.2) is 4.68 Å². The van der Waals surface area contributed by atoms with Crippen molar-refractivity contribution in [3.05, 3.63) is 70.7 Å². The molecule has 7 nitrogen and oxygen atoms in total. The first-order valence-electron chi connectivity index (χ1n) is 10.8. The summed E-state index contributed by atoms with van der Waals surface area (Å²) in [6.07, 6.45) is 3.96. The third kappa shape index (κ3) is 4.55. The van der Waals surface area contributed by atoms with E-state index in [1.165, 1.54) is 0 Å². The van der Waals surface area contributed by atoms with Crippen molar-refractivity contribution in [1.29, 1.82) is 0 Å². The molecule has 0 spiro atoms. The highest BCUT2D eigenvalue weighted by Gasteiger charge is 2.35. The molecule has 3 aromatic rings. The van der Waals surface area contributed by atoms with E-state index in [1.54, 1.807) is 22.6 Å². The highest BCUT2D eigenvalue weighted by molar-refractivity contribution is 7.99. The van der Waals surface area contributed by atoms with Crippen molar-refractivity contribution in [2.45, 2.75) is 51.7 Å². The maximum absolute atomic E-state index is 13.5. The summed E-state index contributed by atoms with van der Waals surface area (Å²) in [7, 11) is 0. The van der Waals surface area contributed by atoms with Crippen molar-refractivity contribution in [3.63, 3.8) is 0 Å². The van der Waals surface area contributed by atoms with Crippen molar-refractivity contribution in [1.82, 2.24) is 19.7 Å². The van der Waals surface area contributed by atoms with Crippen LogP contribution in [0.15, 0.2) is 59.0 Å². The standard InChI is InChI=1S/C24H28N6OS/c1-5-6-13-32-24-28-23-26-17(4)20(21(30(23)29-24)19-9-7-8-12-25-19)22(31)27-18-11-10-15(2)14-16(18)3/h7-12,14,21H,5-6,13H2,1-4H3,(H,27,31)(H,26,28,29). The number of nitrogens with zero attached hydrogens (tertiary/aromatic N) is 4. The molecule has 1 amide bonds. The summed E-state index contributed by atoms with van der Waals surface area (Å²) >= 11 is 1.63. The predicted octanol–water partition coefficient (Wildman–Crippen LogP) is 5.11. The predicted molar refractivity (Wildman–Crippen MR) is 129 cm³/mol. The zero-order valence-electron chi connectivity index (χ0n) is 18.8. The normalized spacial score (nSPS) is 15.3. The SMILES string of the molecule is CCCCSc1nc2n(n1)C(c1ccccn1)C(C(=O)Nc1ccc(C)cc1C)=C(C)N2. The largest absolute Gasteiger partial charge is 0.328 e. The topological polar surface area (TPSA) is 84.7 Å². The Labute approximate surface area is 192 Å². The van der Waals surface area contributed by atoms with Crippen LogP contribution in [0.4, 0.5) is 11.6 Å². The first kappa shape index (κ1) is 22.1. The molecule has 0 radical (unpaired) electrons. The lowest BCUT2D eigenvalue weighted by Crippen LogP contribution is -2.32. The summed E-state index contributed by atoms with van der Waals surface area (Å²) in [5.41, 5.74) is 5.03. The minimum Gasteiger partial charge on any atom is -0.328 e. The van der Waals surface area contributed by atoms with E-state index in [1.807, 2.05) is 51.1 Å². The van der Waals surface area contributed by atoms with Gasteiger partial charge in [-0.05, 0) is 51.0 Å². The number of amides is 1. The molecule has 0 aliphatic carbocycles. The van der Waals surface area contributed by atoms with Gasteiger partial charge in [0.2, 0.25) is 11.1 Å². The van der Waals surface area contributed by atoms with E-state index in [-0.39, 0.29) is 5.91 Å². The molecule has 0 bridgehead atoms. The van der Waals surface area contributed by atoms with E-state index in [4.69, 9.17) is 5.10 Å². The number of hydrogen-bond donors (Lipinski definition) is 2. The van der Waals surface area contributed by atoms with Crippen molar-refractivity contribution < 1.29 is 4.79 Å². The van der Waals surface area contributed by atoms with Gasteiger partial charge in [0.05, 0.1) is 11.3 Å². The number of thioether (sulfide) groups is 1. The fourth-order valence-electron chi connectivity index (χ4n) is 3.75. The van der Waals surface area contributed by atoms with Gasteiger partial charge in [0, 0.05) is 23.3 Å². The Balaban J connectivity index is 1.71. The van der Waals surface area contributed by atoms with E-state index < -0.39 is 6.04 Å². The number of hydrogen-bond acceptors (Lipinski definition) is 6. The lowest BCUT2D eigenvalue weighted by atomic mass is 9.98. The zero-order valence-corrected chi connectivity index (χ0v) is 19.7. The van der Waals surface area contributed by atoms with E-state index in [0.717, 1.165) is 46.8 Å². The second-order valence-electron chi connectivity index (χ2n) is 7.96. The summed E-state index contributed by atoms with van der Waals surface area (Å²) in [4.78, 5) is 22.7. The molecule has 0 saturated carbocycles. The van der Waals surface area contributed by atoms with Gasteiger partial charge in [-0.15, -0.1) is 5.10 Å². The Morgan fingerprint density at radius 2 is 2.06 bits per heavy atom. The van der Waals surface area contributed by atoms with Gasteiger partial charge in [-0.3, -0.25) is 9.78 Å². The Bertz CT molecular complexity index is 1150. The molecule has 0 saturated heterocycles. The fourth-order valence-corrected chi connectivity index (χ4v) is 4.66. The van der Waals surface area contributed by atoms with E-state index in [2.05, 4.69) is 33.6 Å². The molecule has 1 aliphatic heterocycles. The molecular formula is C24H28N6OS. The van der Waals surface area contributed by atoms with Crippen LogP contribution >= 0.6 is 11.8 Å². The number of nitrogens with one attached hydrogen (secondary N) is 2. The molecule has 0 fully saturated rings. The summed E-state index contributed by atoms with van der Waals surface area (Å²) in [5, 5.41) is 11.8. The van der Waals surface area contributed by atoms with Crippen LogP contribution in [0.5, 0.6) is 0 Å². The zero-order chi connectivity index (χ0) is 22.7. The number of pyridine rings is 1. The Morgan fingerprint density at radius 3 is 2.78 bits per heavy atom. The number of aromatic nitrogens is 4. The number of allylic oxidation sites excluding steroid dienone is 1. The Hall–Kier alpha value is -3.13. The summed E-state index contributed by atoms with van der Waals surface area (Å²) in [6, 6.07) is 11.2. The van der Waals surface area contributed by atoms with E-state index >= 15 is 0 Å². The van der Waals surface area contributed by atoms with Crippen molar-refractivity contribution in [2.24, 2.45) is 0 Å². The van der Waals surface area contributed by atoms with Crippen molar-refractivity contribution in [2.75, 3.05) is 16.4 Å². The van der Waals surface area contributed by atoms with Gasteiger partial charge in [0.15, 0.2) is 0 Å². The van der Waals surface area contributed by atoms with E-state index in [0.29, 0.717) is 16.7 Å². The average Bonchev–Trinajstić information content (AvgIpc) is 3.17. The molecular weight excluding hydrogens is 420 g/mol. The van der Waals surface area contributed by atoms with Gasteiger partial charge >= 0.3 is 0 Å². The number of carbonyl (C=O) groups excluding carboxylic acids is 1. The molecule has 1 unspecified atom stereocenters. The number of unbranched alkanes of at least 4 members (excludes halogenated alkanes) is 1. The Morgan fingerprint density at radius 1 is 1.22 bits per heavy atom. The minimum atomic E-state index is -0.466. The molecule has 1 aromatic carbocycles. The third-order valence-corrected chi connectivity index (χ3v) is 6.33. The monoisotopic (exact) mass is 448 g/mol. The van der Waals surface area contributed by atoms with Gasteiger partial charge in [0.1, 0.15) is 6.04 Å². The molecule has 8 heteroatoms. The average molecular weight is 449 g/mol. The van der Waals surface area contributed by atoms with E-state index in [9.17, 15) is 4.79 Å². The van der Waals surface area contributed by atoms with Crippen LogP contribution in [-0.2, 0) is 4.79 Å². The quantitative estimate of drug-likeness (QED) is 0.386. The molecule has 1 atom stereocenters. The minimum absolute atomic E-state index is 0.182. The highest BCUT2D eigenvalue weighted by Crippen LogP contribution is 2.36. The fraction of sp³-hybridized carbons (Fsp3) is 0.333. The first-order valence-corrected chi connectivity index (χ1v) is 11.8. The van der Waals surface area contributed by atoms with Crippen LogP contribution in [0.25, 0.3) is 0 Å². The van der Waals surface area contributed by atoms with Crippen molar-refractivity contribution in [3.8, 4) is 0 Å². The van der Waals surface area contributed by atoms with Gasteiger partial charge in [0.25, 0.3) is 5.91 Å². The number of aryl methyl sites for hydroxylation is 2. The molecule has 2 aromatic heterocycles. The Kier molecular flexibility index (Phi) is 6.60. The van der Waals surface area contributed by atoms with Crippen LogP contribution in [0, 0.1) is 13.8 Å². The van der Waals surface area contributed by atoms with Gasteiger partial charge in [-0.2, -0.15) is 4.98 Å². The number of fused-ring (bicyclic) bond motifs is 1. The highest BCUT2D eigenvalue weighted by atomic mass is 32.2. The van der Waals surface area contributed by atoms with Crippen LogP contribution in [-0.4, -0.2) is 31.4 Å². The van der Waals surface area contributed by atoms with Gasteiger partial charge in [-0.1, -0.05) is 48.9 Å².